The molecule has 3 aromatic rings. The van der Waals surface area contributed by atoms with E-state index in [9.17, 15) is 5.11 Å². The quantitative estimate of drug-likeness (QED) is 0.533. The van der Waals surface area contributed by atoms with E-state index in [0.29, 0.717) is 5.75 Å². The van der Waals surface area contributed by atoms with Crippen molar-refractivity contribution in [2.45, 2.75) is 40.2 Å². The molecule has 1 aromatic heterocycles. The lowest BCUT2D eigenvalue weighted by Crippen LogP contribution is -2.30. The molecule has 0 saturated carbocycles. The third-order valence-corrected chi connectivity index (χ3v) is 6.47. The van der Waals surface area contributed by atoms with Gasteiger partial charge >= 0.3 is 0 Å². The van der Waals surface area contributed by atoms with Gasteiger partial charge in [0.1, 0.15) is 17.6 Å². The van der Waals surface area contributed by atoms with Gasteiger partial charge in [0, 0.05) is 26.6 Å². The fraction of sp³-hybridized carbons (Fsp3) is 0.304. The van der Waals surface area contributed by atoms with Gasteiger partial charge in [0.2, 0.25) is 0 Å². The van der Waals surface area contributed by atoms with Gasteiger partial charge in [-0.15, -0.1) is 11.3 Å². The van der Waals surface area contributed by atoms with Gasteiger partial charge in [0.05, 0.1) is 5.92 Å². The summed E-state index contributed by atoms with van der Waals surface area (Å²) < 4.78 is 7.50. The molecule has 2 atom stereocenters. The van der Waals surface area contributed by atoms with Crippen molar-refractivity contribution in [2.75, 3.05) is 0 Å². The Balaban J connectivity index is 1.71. The molecule has 2 aromatic carbocycles. The van der Waals surface area contributed by atoms with Crippen LogP contribution in [0.4, 0.5) is 0 Å². The number of rotatable bonds is 0. The van der Waals surface area contributed by atoms with Crippen LogP contribution in [0.1, 0.15) is 34.7 Å². The molecule has 0 saturated heterocycles. The molecule has 132 valence electrons. The number of aromatic hydroxyl groups is 1. The number of benzene rings is 2. The third kappa shape index (κ3) is 2.66. The van der Waals surface area contributed by atoms with Crippen LogP contribution in [0.3, 0.4) is 0 Å². The molecule has 2 nitrogen and oxygen atoms in total. The van der Waals surface area contributed by atoms with Gasteiger partial charge in [0.15, 0.2) is 0 Å². The molecule has 0 bridgehead atoms. The van der Waals surface area contributed by atoms with Crippen LogP contribution in [0.15, 0.2) is 29.6 Å². The zero-order chi connectivity index (χ0) is 18.4. The Kier molecular flexibility index (Phi) is 4.17. The average molecular weight is 362 g/mol. The predicted molar refractivity (Wildman–Crippen MR) is 108 cm³/mol. The Hall–Kier alpha value is -2.44. The van der Waals surface area contributed by atoms with E-state index in [0.717, 1.165) is 40.0 Å². The lowest BCUT2D eigenvalue weighted by Gasteiger charge is -2.32. The second-order valence-corrected chi connectivity index (χ2v) is 7.99. The van der Waals surface area contributed by atoms with Crippen molar-refractivity contribution in [1.29, 1.82) is 0 Å². The summed E-state index contributed by atoms with van der Waals surface area (Å²) in [7, 11) is 0. The molecule has 0 aliphatic carbocycles. The predicted octanol–water partition coefficient (Wildman–Crippen LogP) is 5.52. The number of hydrogen-bond acceptors (Lipinski definition) is 3. The molecule has 0 fully saturated rings. The zero-order valence-electron chi connectivity index (χ0n) is 15.5. The Labute approximate surface area is 158 Å². The second kappa shape index (κ2) is 6.37. The molecule has 0 radical (unpaired) electrons. The molecule has 0 spiro atoms. The van der Waals surface area contributed by atoms with Crippen LogP contribution in [0.25, 0.3) is 10.1 Å². The number of phenolic OH excluding ortho intramolecular Hbond substituents is 1. The average Bonchev–Trinajstić information content (AvgIpc) is 3.06. The Morgan fingerprint density at radius 3 is 2.69 bits per heavy atom. The first-order chi connectivity index (χ1) is 12.5. The maximum atomic E-state index is 10.4. The molecule has 4 rings (SSSR count). The minimum atomic E-state index is 0.0296. The van der Waals surface area contributed by atoms with Gasteiger partial charge < -0.3 is 9.84 Å². The van der Waals surface area contributed by atoms with E-state index in [4.69, 9.17) is 4.74 Å². The molecule has 1 aliphatic rings. The van der Waals surface area contributed by atoms with E-state index < -0.39 is 0 Å². The highest BCUT2D eigenvalue weighted by molar-refractivity contribution is 7.17. The molecular formula is C23H22O2S. The van der Waals surface area contributed by atoms with Crippen LogP contribution in [0.2, 0.25) is 0 Å². The highest BCUT2D eigenvalue weighted by Crippen LogP contribution is 2.42. The Bertz CT molecular complexity index is 1070. The van der Waals surface area contributed by atoms with Crippen LogP contribution >= 0.6 is 11.3 Å². The third-order valence-electron chi connectivity index (χ3n) is 5.51. The van der Waals surface area contributed by atoms with Crippen molar-refractivity contribution < 1.29 is 9.84 Å². The maximum absolute atomic E-state index is 10.4. The van der Waals surface area contributed by atoms with Crippen molar-refractivity contribution in [2.24, 2.45) is 5.92 Å². The van der Waals surface area contributed by atoms with E-state index in [-0.39, 0.29) is 12.0 Å². The highest BCUT2D eigenvalue weighted by atomic mass is 32.1. The van der Waals surface area contributed by atoms with Crippen LogP contribution in [0, 0.1) is 38.5 Å². The van der Waals surface area contributed by atoms with Crippen LogP contribution in [-0.2, 0) is 6.42 Å². The summed E-state index contributed by atoms with van der Waals surface area (Å²) >= 11 is 1.73. The summed E-state index contributed by atoms with van der Waals surface area (Å²) in [6.45, 7) is 8.02. The lowest BCUT2D eigenvalue weighted by atomic mass is 9.86. The second-order valence-electron chi connectivity index (χ2n) is 7.08. The van der Waals surface area contributed by atoms with Gasteiger partial charge in [-0.1, -0.05) is 30.0 Å². The standard InChI is InChI=1S/C23H22O2S/c1-13-14(2)23-20(15(3)22(13)24)11-17(16(4)25-23)9-10-18-12-26-21-8-6-5-7-19(18)21/h5-8,12,16-17,24H,11H2,1-4H3/t16-,17?/m1/s1. The first kappa shape index (κ1) is 17.0. The summed E-state index contributed by atoms with van der Waals surface area (Å²) in [4.78, 5) is 0. The molecule has 2 heterocycles. The summed E-state index contributed by atoms with van der Waals surface area (Å²) in [5, 5.41) is 13.8. The van der Waals surface area contributed by atoms with E-state index in [1.165, 1.54) is 10.1 Å². The van der Waals surface area contributed by atoms with Crippen molar-refractivity contribution in [3.63, 3.8) is 0 Å². The first-order valence-electron chi connectivity index (χ1n) is 8.93. The summed E-state index contributed by atoms with van der Waals surface area (Å²) in [5.74, 6) is 8.25. The molecule has 3 heteroatoms. The number of ether oxygens (including phenoxy) is 1. The summed E-state index contributed by atoms with van der Waals surface area (Å²) in [6, 6.07) is 8.37. The molecule has 26 heavy (non-hydrogen) atoms. The molecule has 1 unspecified atom stereocenters. The topological polar surface area (TPSA) is 29.5 Å². The largest absolute Gasteiger partial charge is 0.507 e. The van der Waals surface area contributed by atoms with Gasteiger partial charge in [0.25, 0.3) is 0 Å². The molecular weight excluding hydrogens is 340 g/mol. The normalized spacial score (nSPS) is 18.8. The maximum Gasteiger partial charge on any atom is 0.126 e. The Morgan fingerprint density at radius 1 is 1.12 bits per heavy atom. The summed E-state index contributed by atoms with van der Waals surface area (Å²) in [6.07, 6.45) is 0.841. The lowest BCUT2D eigenvalue weighted by molar-refractivity contribution is 0.156. The SMILES string of the molecule is Cc1c(C)c2c(c(C)c1O)CC(C#Cc1csc3ccccc13)[C@@H](C)O2. The number of thiophene rings is 1. The molecule has 1 aliphatic heterocycles. The monoisotopic (exact) mass is 362 g/mol. The van der Waals surface area contributed by atoms with E-state index >= 15 is 0 Å². The molecule has 1 N–H and O–H groups in total. The fourth-order valence-electron chi connectivity index (χ4n) is 3.64. The number of fused-ring (bicyclic) bond motifs is 2. The molecule has 0 amide bonds. The van der Waals surface area contributed by atoms with Gasteiger partial charge in [-0.3, -0.25) is 0 Å². The van der Waals surface area contributed by atoms with Crippen LogP contribution in [-0.4, -0.2) is 11.2 Å². The van der Waals surface area contributed by atoms with Gasteiger partial charge in [-0.25, -0.2) is 0 Å². The minimum absolute atomic E-state index is 0.0296. The van der Waals surface area contributed by atoms with Crippen molar-refractivity contribution in [3.05, 3.63) is 57.5 Å². The summed E-state index contributed by atoms with van der Waals surface area (Å²) in [5.41, 5.74) is 5.04. The van der Waals surface area contributed by atoms with E-state index in [1.807, 2.05) is 20.8 Å². The number of hydrogen-bond donors (Lipinski definition) is 1. The highest BCUT2D eigenvalue weighted by Gasteiger charge is 2.30. The van der Waals surface area contributed by atoms with Crippen LogP contribution < -0.4 is 4.74 Å². The van der Waals surface area contributed by atoms with Crippen molar-refractivity contribution >= 4 is 21.4 Å². The minimum Gasteiger partial charge on any atom is -0.507 e. The van der Waals surface area contributed by atoms with Gasteiger partial charge in [-0.05, 0) is 56.9 Å². The van der Waals surface area contributed by atoms with Gasteiger partial charge in [-0.2, -0.15) is 0 Å². The first-order valence-corrected chi connectivity index (χ1v) is 9.81. The van der Waals surface area contributed by atoms with Crippen molar-refractivity contribution in [1.82, 2.24) is 0 Å². The zero-order valence-corrected chi connectivity index (χ0v) is 16.3. The smallest absolute Gasteiger partial charge is 0.126 e. The van der Waals surface area contributed by atoms with E-state index in [2.05, 4.69) is 48.4 Å². The fourth-order valence-corrected chi connectivity index (χ4v) is 4.53. The van der Waals surface area contributed by atoms with E-state index in [1.54, 1.807) is 11.3 Å². The Morgan fingerprint density at radius 2 is 1.88 bits per heavy atom. The van der Waals surface area contributed by atoms with Crippen molar-refractivity contribution in [3.8, 4) is 23.3 Å². The van der Waals surface area contributed by atoms with Crippen LogP contribution in [0.5, 0.6) is 11.5 Å². The number of phenols is 1.